The number of nitrogens with two attached hydrogens (primary N) is 1. The minimum Gasteiger partial charge on any atom is -0.379 e. The van der Waals surface area contributed by atoms with Crippen molar-refractivity contribution in [3.05, 3.63) is 75.0 Å². The summed E-state index contributed by atoms with van der Waals surface area (Å²) in [6, 6.07) is 13.9. The van der Waals surface area contributed by atoms with Gasteiger partial charge in [-0.1, -0.05) is 48.2 Å². The molecule has 3 aromatic heterocycles. The summed E-state index contributed by atoms with van der Waals surface area (Å²) in [5.74, 6) is 1.08. The summed E-state index contributed by atoms with van der Waals surface area (Å²) in [5.41, 5.74) is 7.93. The van der Waals surface area contributed by atoms with Gasteiger partial charge in [-0.15, -0.1) is 22.7 Å². The number of aliphatic imine (C=N–C) groups is 1. The monoisotopic (exact) mass is 412 g/mol. The van der Waals surface area contributed by atoms with Crippen molar-refractivity contribution in [3.8, 4) is 10.4 Å². The second-order valence-electron chi connectivity index (χ2n) is 5.75. The van der Waals surface area contributed by atoms with Gasteiger partial charge in [0.25, 0.3) is 5.56 Å². The van der Waals surface area contributed by atoms with Gasteiger partial charge < -0.3 is 10.7 Å². The predicted octanol–water partition coefficient (Wildman–Crippen LogP) is 4.46. The summed E-state index contributed by atoms with van der Waals surface area (Å²) in [6.07, 6.45) is 0. The molecule has 0 aliphatic rings. The van der Waals surface area contributed by atoms with Crippen LogP contribution in [0.25, 0.3) is 20.7 Å². The van der Waals surface area contributed by atoms with E-state index in [-0.39, 0.29) is 5.56 Å². The molecule has 0 bridgehead atoms. The van der Waals surface area contributed by atoms with Gasteiger partial charge in [-0.2, -0.15) is 0 Å². The van der Waals surface area contributed by atoms with Crippen LogP contribution in [0, 0.1) is 0 Å². The third-order valence-corrected chi connectivity index (χ3v) is 6.51. The van der Waals surface area contributed by atoms with Crippen molar-refractivity contribution >= 4 is 49.8 Å². The molecule has 3 N–H and O–H groups in total. The van der Waals surface area contributed by atoms with Gasteiger partial charge >= 0.3 is 0 Å². The van der Waals surface area contributed by atoms with E-state index in [2.05, 4.69) is 15.0 Å². The van der Waals surface area contributed by atoms with Crippen LogP contribution in [0.3, 0.4) is 0 Å². The smallest absolute Gasteiger partial charge is 0.260 e. The van der Waals surface area contributed by atoms with Gasteiger partial charge in [0, 0.05) is 15.8 Å². The number of fused-ring (bicyclic) bond motifs is 1. The van der Waals surface area contributed by atoms with Crippen LogP contribution in [-0.2, 0) is 12.3 Å². The second kappa shape index (κ2) is 8.08. The van der Waals surface area contributed by atoms with Crippen molar-refractivity contribution in [2.24, 2.45) is 10.7 Å². The fourth-order valence-corrected chi connectivity index (χ4v) is 4.97. The molecule has 27 heavy (non-hydrogen) atoms. The van der Waals surface area contributed by atoms with Crippen molar-refractivity contribution in [3.63, 3.8) is 0 Å². The SMILES string of the molecule is NC(=NCc1ccccc1)SCc1nc2scc(-c3cccs3)c2c(=O)[nH]1. The van der Waals surface area contributed by atoms with E-state index in [1.54, 1.807) is 11.3 Å². The van der Waals surface area contributed by atoms with E-state index < -0.39 is 0 Å². The molecule has 4 rings (SSSR count). The molecule has 0 spiro atoms. The first kappa shape index (κ1) is 18.0. The molecular weight excluding hydrogens is 396 g/mol. The maximum atomic E-state index is 12.6. The average molecular weight is 413 g/mol. The molecule has 136 valence electrons. The summed E-state index contributed by atoms with van der Waals surface area (Å²) in [7, 11) is 0. The lowest BCUT2D eigenvalue weighted by atomic mass is 10.2. The van der Waals surface area contributed by atoms with Crippen LogP contribution in [0.1, 0.15) is 11.4 Å². The van der Waals surface area contributed by atoms with E-state index in [0.717, 1.165) is 20.8 Å². The zero-order valence-corrected chi connectivity index (χ0v) is 16.7. The normalized spacial score (nSPS) is 11.9. The van der Waals surface area contributed by atoms with Gasteiger partial charge in [0.15, 0.2) is 5.17 Å². The zero-order valence-electron chi connectivity index (χ0n) is 14.2. The van der Waals surface area contributed by atoms with Crippen LogP contribution in [0.15, 0.2) is 63.0 Å². The molecule has 3 heterocycles. The molecule has 0 fully saturated rings. The van der Waals surface area contributed by atoms with Gasteiger partial charge in [-0.3, -0.25) is 9.79 Å². The highest BCUT2D eigenvalue weighted by Gasteiger charge is 2.13. The topological polar surface area (TPSA) is 84.1 Å². The first-order chi connectivity index (χ1) is 13.2. The van der Waals surface area contributed by atoms with Gasteiger partial charge in [0.1, 0.15) is 10.7 Å². The molecule has 0 aliphatic heterocycles. The van der Waals surface area contributed by atoms with E-state index in [1.165, 1.54) is 23.1 Å². The lowest BCUT2D eigenvalue weighted by Gasteiger charge is -2.02. The number of aromatic amines is 1. The number of thioether (sulfide) groups is 1. The van der Waals surface area contributed by atoms with E-state index in [9.17, 15) is 4.79 Å². The number of aromatic nitrogens is 2. The fraction of sp³-hybridized carbons (Fsp3) is 0.105. The Bertz CT molecular complexity index is 1130. The molecule has 0 atom stereocenters. The molecule has 0 radical (unpaired) electrons. The number of rotatable bonds is 5. The molecule has 4 aromatic rings. The largest absolute Gasteiger partial charge is 0.379 e. The van der Waals surface area contributed by atoms with Gasteiger partial charge in [-0.25, -0.2) is 4.98 Å². The highest BCUT2D eigenvalue weighted by Crippen LogP contribution is 2.33. The Kier molecular flexibility index (Phi) is 5.38. The van der Waals surface area contributed by atoms with Crippen molar-refractivity contribution < 1.29 is 0 Å². The molecule has 0 amide bonds. The predicted molar refractivity (Wildman–Crippen MR) is 117 cm³/mol. The first-order valence-corrected chi connectivity index (χ1v) is 11.0. The Morgan fingerprint density at radius 1 is 1.19 bits per heavy atom. The van der Waals surface area contributed by atoms with Crippen LogP contribution >= 0.6 is 34.4 Å². The lowest BCUT2D eigenvalue weighted by molar-refractivity contribution is 1.05. The van der Waals surface area contributed by atoms with E-state index in [4.69, 9.17) is 5.73 Å². The van der Waals surface area contributed by atoms with Gasteiger partial charge in [0.2, 0.25) is 0 Å². The molecule has 0 saturated heterocycles. The van der Waals surface area contributed by atoms with Crippen molar-refractivity contribution in [2.75, 3.05) is 0 Å². The third-order valence-electron chi connectivity index (χ3n) is 3.90. The van der Waals surface area contributed by atoms with Crippen LogP contribution in [0.5, 0.6) is 0 Å². The molecular formula is C19H16N4OS3. The number of amidine groups is 1. The summed E-state index contributed by atoms with van der Waals surface area (Å²) >= 11 is 4.48. The summed E-state index contributed by atoms with van der Waals surface area (Å²) in [6.45, 7) is 0.539. The number of nitrogens with one attached hydrogen (secondary N) is 1. The number of H-pyrrole nitrogens is 1. The second-order valence-corrected chi connectivity index (χ2v) is 8.55. The van der Waals surface area contributed by atoms with Crippen LogP contribution < -0.4 is 11.3 Å². The highest BCUT2D eigenvalue weighted by molar-refractivity contribution is 8.13. The zero-order chi connectivity index (χ0) is 18.6. The van der Waals surface area contributed by atoms with Crippen molar-refractivity contribution in [1.82, 2.24) is 9.97 Å². The minimum absolute atomic E-state index is 0.111. The minimum atomic E-state index is -0.111. The number of hydrogen-bond acceptors (Lipinski definition) is 6. The molecule has 5 nitrogen and oxygen atoms in total. The van der Waals surface area contributed by atoms with Crippen molar-refractivity contribution in [2.45, 2.75) is 12.3 Å². The summed E-state index contributed by atoms with van der Waals surface area (Å²) in [4.78, 5) is 26.2. The van der Waals surface area contributed by atoms with Crippen LogP contribution in [0.4, 0.5) is 0 Å². The molecule has 1 aromatic carbocycles. The number of thiophene rings is 2. The molecule has 8 heteroatoms. The molecule has 0 aliphatic carbocycles. The number of nitrogens with zero attached hydrogens (tertiary/aromatic N) is 2. The highest BCUT2D eigenvalue weighted by atomic mass is 32.2. The fourth-order valence-electron chi connectivity index (χ4n) is 2.62. The Morgan fingerprint density at radius 2 is 2.04 bits per heavy atom. The number of benzene rings is 1. The molecule has 0 saturated carbocycles. The van der Waals surface area contributed by atoms with E-state index in [1.807, 2.05) is 53.2 Å². The Labute approximate surface area is 168 Å². The average Bonchev–Trinajstić information content (AvgIpc) is 3.35. The van der Waals surface area contributed by atoms with Gasteiger partial charge in [-0.05, 0) is 17.0 Å². The summed E-state index contributed by atoms with van der Waals surface area (Å²) in [5, 5.41) is 5.13. The summed E-state index contributed by atoms with van der Waals surface area (Å²) < 4.78 is 0. The van der Waals surface area contributed by atoms with Crippen LogP contribution in [0.2, 0.25) is 0 Å². The van der Waals surface area contributed by atoms with E-state index >= 15 is 0 Å². The maximum Gasteiger partial charge on any atom is 0.260 e. The lowest BCUT2D eigenvalue weighted by Crippen LogP contribution is -2.13. The van der Waals surface area contributed by atoms with Gasteiger partial charge in [0.05, 0.1) is 17.7 Å². The van der Waals surface area contributed by atoms with Crippen LogP contribution in [-0.4, -0.2) is 15.1 Å². The van der Waals surface area contributed by atoms with Crippen molar-refractivity contribution in [1.29, 1.82) is 0 Å². The van der Waals surface area contributed by atoms with E-state index in [0.29, 0.717) is 28.7 Å². The first-order valence-electron chi connectivity index (χ1n) is 8.21. The Balaban J connectivity index is 1.49. The Morgan fingerprint density at radius 3 is 2.81 bits per heavy atom. The third kappa shape index (κ3) is 4.13. The maximum absolute atomic E-state index is 12.6. The Hall–Kier alpha value is -2.42. The standard InChI is InChI=1S/C19H16N4OS3/c20-19(21-9-12-5-2-1-3-6-12)27-11-15-22-17(24)16-13(10-26-18(16)23-15)14-7-4-8-25-14/h1-8,10H,9,11H2,(H2,20,21)(H,22,23,24). The number of hydrogen-bond donors (Lipinski definition) is 2. The quantitative estimate of drug-likeness (QED) is 0.374. The molecule has 0 unspecified atom stereocenters.